The zero-order chi connectivity index (χ0) is 17.8. The Hall–Kier alpha value is -0.740. The van der Waals surface area contributed by atoms with Gasteiger partial charge in [0.15, 0.2) is 17.5 Å². The molecule has 1 aromatic rings. The van der Waals surface area contributed by atoms with Gasteiger partial charge in [0.05, 0.1) is 4.47 Å². The van der Waals surface area contributed by atoms with Crippen molar-refractivity contribution in [3.05, 3.63) is 22.2 Å². The number of ether oxygens (including phenoxy) is 2. The van der Waals surface area contributed by atoms with Crippen LogP contribution in [0.5, 0.6) is 11.5 Å². The van der Waals surface area contributed by atoms with Gasteiger partial charge in [0.2, 0.25) is 6.79 Å². The lowest BCUT2D eigenvalue weighted by molar-refractivity contribution is 0.167. The van der Waals surface area contributed by atoms with Crippen LogP contribution in [0.4, 0.5) is 0 Å². The predicted molar refractivity (Wildman–Crippen MR) is 119 cm³/mol. The largest absolute Gasteiger partial charge is 0.454 e. The molecule has 1 fully saturated rings. The van der Waals surface area contributed by atoms with E-state index in [1.165, 1.54) is 0 Å². The van der Waals surface area contributed by atoms with Gasteiger partial charge in [-0.25, -0.2) is 0 Å². The second kappa shape index (κ2) is 9.98. The van der Waals surface area contributed by atoms with Gasteiger partial charge in [0.1, 0.15) is 0 Å². The molecule has 8 heteroatoms. The van der Waals surface area contributed by atoms with Crippen molar-refractivity contribution in [2.24, 2.45) is 4.99 Å². The van der Waals surface area contributed by atoms with Crippen LogP contribution >= 0.6 is 39.9 Å². The fourth-order valence-electron chi connectivity index (χ4n) is 3.26. The lowest BCUT2D eigenvalue weighted by Gasteiger charge is -2.35. The van der Waals surface area contributed by atoms with Crippen molar-refractivity contribution < 1.29 is 9.47 Å². The Morgan fingerprint density at radius 1 is 1.31 bits per heavy atom. The number of hydrogen-bond donors (Lipinski definition) is 2. The Labute approximate surface area is 181 Å². The van der Waals surface area contributed by atoms with Gasteiger partial charge < -0.3 is 25.0 Å². The van der Waals surface area contributed by atoms with Crippen LogP contribution in [0.1, 0.15) is 32.3 Å². The van der Waals surface area contributed by atoms with Crippen LogP contribution in [0.3, 0.4) is 0 Å². The maximum atomic E-state index is 5.47. The number of likely N-dealkylation sites (tertiary alicyclic amines) is 1. The molecule has 0 aliphatic carbocycles. The van der Waals surface area contributed by atoms with Crippen molar-refractivity contribution in [3.8, 4) is 11.5 Å². The zero-order valence-electron chi connectivity index (χ0n) is 15.5. The van der Waals surface area contributed by atoms with Crippen molar-refractivity contribution in [1.29, 1.82) is 0 Å². The first kappa shape index (κ1) is 21.6. The molecule has 2 aliphatic heterocycles. The predicted octanol–water partition coefficient (Wildman–Crippen LogP) is 3.33. The van der Waals surface area contributed by atoms with Crippen LogP contribution in [0.2, 0.25) is 0 Å². The number of piperidine rings is 1. The Balaban J connectivity index is 0.00000243. The molecule has 0 atom stereocenters. The van der Waals surface area contributed by atoms with Crippen molar-refractivity contribution >= 4 is 45.9 Å². The number of nitrogens with zero attached hydrogens (tertiary/aromatic N) is 2. The van der Waals surface area contributed by atoms with E-state index in [2.05, 4.69) is 56.4 Å². The number of fused-ring (bicyclic) bond motifs is 1. The van der Waals surface area contributed by atoms with Crippen LogP contribution in [0.15, 0.2) is 21.6 Å². The van der Waals surface area contributed by atoms with Crippen LogP contribution in [-0.2, 0) is 6.54 Å². The fourth-order valence-corrected chi connectivity index (χ4v) is 3.86. The minimum Gasteiger partial charge on any atom is -0.454 e. The third-order valence-corrected chi connectivity index (χ3v) is 5.36. The summed E-state index contributed by atoms with van der Waals surface area (Å²) in [5.41, 5.74) is 1.12. The monoisotopic (exact) mass is 538 g/mol. The number of rotatable bonds is 4. The zero-order valence-corrected chi connectivity index (χ0v) is 19.5. The van der Waals surface area contributed by atoms with Gasteiger partial charge in [-0.05, 0) is 60.3 Å². The highest BCUT2D eigenvalue weighted by atomic mass is 127. The number of nitrogens with one attached hydrogen (secondary N) is 2. The highest BCUT2D eigenvalue weighted by Crippen LogP contribution is 2.39. The summed E-state index contributed by atoms with van der Waals surface area (Å²) in [6, 6.07) is 5.16. The normalized spacial score (nSPS) is 18.0. The molecule has 26 heavy (non-hydrogen) atoms. The first-order valence-electron chi connectivity index (χ1n) is 8.86. The second-order valence-electron chi connectivity index (χ2n) is 6.79. The summed E-state index contributed by atoms with van der Waals surface area (Å²) in [6.07, 6.45) is 2.29. The lowest BCUT2D eigenvalue weighted by atomic mass is 10.0. The molecule has 0 spiro atoms. The third-order valence-electron chi connectivity index (χ3n) is 4.77. The van der Waals surface area contributed by atoms with Gasteiger partial charge in [0, 0.05) is 38.8 Å². The van der Waals surface area contributed by atoms with Crippen molar-refractivity contribution in [3.63, 3.8) is 0 Å². The summed E-state index contributed by atoms with van der Waals surface area (Å²) in [4.78, 5) is 6.89. The van der Waals surface area contributed by atoms with Crippen LogP contribution in [0.25, 0.3) is 0 Å². The molecule has 1 aromatic carbocycles. The summed E-state index contributed by atoms with van der Waals surface area (Å²) in [7, 11) is 1.81. The Kier molecular flexibility index (Phi) is 8.28. The quantitative estimate of drug-likeness (QED) is 0.350. The second-order valence-corrected chi connectivity index (χ2v) is 7.64. The fraction of sp³-hybridized carbons (Fsp3) is 0.611. The molecule has 0 unspecified atom stereocenters. The average Bonchev–Trinajstić information content (AvgIpc) is 3.08. The number of halogens is 2. The molecule has 2 aliphatic rings. The maximum absolute atomic E-state index is 5.47. The number of hydrogen-bond acceptors (Lipinski definition) is 4. The van der Waals surface area contributed by atoms with Crippen LogP contribution in [-0.4, -0.2) is 49.9 Å². The first-order chi connectivity index (χ1) is 12.1. The molecule has 2 N–H and O–H groups in total. The molecule has 6 nitrogen and oxygen atoms in total. The minimum absolute atomic E-state index is 0. The number of benzene rings is 1. The van der Waals surface area contributed by atoms with E-state index in [0.717, 1.165) is 53.4 Å². The number of aliphatic imine (C=N–C) groups is 1. The van der Waals surface area contributed by atoms with Crippen LogP contribution < -0.4 is 20.1 Å². The van der Waals surface area contributed by atoms with E-state index in [4.69, 9.17) is 9.47 Å². The molecule has 0 aromatic heterocycles. The molecular formula is C18H28BrIN4O2. The van der Waals surface area contributed by atoms with Gasteiger partial charge in [-0.2, -0.15) is 0 Å². The van der Waals surface area contributed by atoms with E-state index in [9.17, 15) is 0 Å². The lowest BCUT2D eigenvalue weighted by Crippen LogP contribution is -2.49. The van der Waals surface area contributed by atoms with E-state index in [1.54, 1.807) is 0 Å². The maximum Gasteiger partial charge on any atom is 0.231 e. The van der Waals surface area contributed by atoms with Gasteiger partial charge >= 0.3 is 0 Å². The summed E-state index contributed by atoms with van der Waals surface area (Å²) in [6.45, 7) is 7.77. The molecule has 0 radical (unpaired) electrons. The van der Waals surface area contributed by atoms with Gasteiger partial charge in [-0.3, -0.25) is 4.99 Å². The van der Waals surface area contributed by atoms with E-state index >= 15 is 0 Å². The number of guanidine groups is 1. The van der Waals surface area contributed by atoms with Gasteiger partial charge in [-0.1, -0.05) is 0 Å². The van der Waals surface area contributed by atoms with Gasteiger partial charge in [-0.15, -0.1) is 24.0 Å². The summed E-state index contributed by atoms with van der Waals surface area (Å²) in [5, 5.41) is 6.94. The molecule has 0 bridgehead atoms. The van der Waals surface area contributed by atoms with Gasteiger partial charge in [0.25, 0.3) is 0 Å². The molecular weight excluding hydrogens is 511 g/mol. The average molecular weight is 539 g/mol. The molecule has 1 saturated heterocycles. The summed E-state index contributed by atoms with van der Waals surface area (Å²) in [5.74, 6) is 2.41. The molecule has 2 heterocycles. The minimum atomic E-state index is 0. The highest BCUT2D eigenvalue weighted by molar-refractivity contribution is 14.0. The van der Waals surface area contributed by atoms with E-state index in [0.29, 0.717) is 18.6 Å². The SMILES string of the molecule is CN=C(NCc1cc(Br)c2c(c1)OCO2)NC1CCN(C(C)C)CC1.I. The highest BCUT2D eigenvalue weighted by Gasteiger charge is 2.22. The standard InChI is InChI=1S/C18H27BrN4O2.HI/c1-12(2)23-6-4-14(5-7-23)22-18(20-3)21-10-13-8-15(19)17-16(9-13)24-11-25-17;/h8-9,12,14H,4-7,10-11H2,1-3H3,(H2,20,21,22);1H. The Bertz CT molecular complexity index is 634. The van der Waals surface area contributed by atoms with E-state index < -0.39 is 0 Å². The van der Waals surface area contributed by atoms with E-state index in [1.807, 2.05) is 13.1 Å². The molecule has 3 rings (SSSR count). The third kappa shape index (κ3) is 5.39. The van der Waals surface area contributed by atoms with Crippen LogP contribution in [0, 0.1) is 0 Å². The van der Waals surface area contributed by atoms with Crippen molar-refractivity contribution in [2.75, 3.05) is 26.9 Å². The smallest absolute Gasteiger partial charge is 0.231 e. The first-order valence-corrected chi connectivity index (χ1v) is 9.65. The summed E-state index contributed by atoms with van der Waals surface area (Å²) < 4.78 is 11.8. The van der Waals surface area contributed by atoms with Crippen molar-refractivity contribution in [2.45, 2.75) is 45.3 Å². The Morgan fingerprint density at radius 2 is 2.04 bits per heavy atom. The van der Waals surface area contributed by atoms with E-state index in [-0.39, 0.29) is 30.8 Å². The molecule has 0 amide bonds. The Morgan fingerprint density at radius 3 is 2.69 bits per heavy atom. The topological polar surface area (TPSA) is 58.1 Å². The molecule has 0 saturated carbocycles. The summed E-state index contributed by atoms with van der Waals surface area (Å²) >= 11 is 3.54. The van der Waals surface area contributed by atoms with Crippen molar-refractivity contribution in [1.82, 2.24) is 15.5 Å². The molecule has 146 valence electrons.